The Morgan fingerprint density at radius 3 is 2.63 bits per heavy atom. The molecule has 0 aliphatic heterocycles. The summed E-state index contributed by atoms with van der Waals surface area (Å²) in [5.74, 6) is 0. The van der Waals surface area contributed by atoms with Gasteiger partial charge in [-0.25, -0.2) is 4.79 Å². The van der Waals surface area contributed by atoms with Gasteiger partial charge in [-0.2, -0.15) is 0 Å². The third-order valence-electron chi connectivity index (χ3n) is 2.98. The van der Waals surface area contributed by atoms with Crippen molar-refractivity contribution in [1.82, 2.24) is 10.2 Å². The zero-order chi connectivity index (χ0) is 13.7. The molecule has 4 heteroatoms. The van der Waals surface area contributed by atoms with E-state index >= 15 is 0 Å². The highest BCUT2D eigenvalue weighted by Crippen LogP contribution is 2.14. The molecule has 19 heavy (non-hydrogen) atoms. The van der Waals surface area contributed by atoms with Gasteiger partial charge in [0.15, 0.2) is 0 Å². The molecule has 2 rings (SSSR count). The quantitative estimate of drug-likeness (QED) is 0.910. The van der Waals surface area contributed by atoms with Crippen LogP contribution in [0.15, 0.2) is 41.8 Å². The summed E-state index contributed by atoms with van der Waals surface area (Å²) < 4.78 is 0. The Bertz CT molecular complexity index is 536. The molecule has 0 aliphatic rings. The summed E-state index contributed by atoms with van der Waals surface area (Å²) in [6.07, 6.45) is 0. The van der Waals surface area contributed by atoms with Gasteiger partial charge in [-0.05, 0) is 29.5 Å². The van der Waals surface area contributed by atoms with Crippen LogP contribution in [0.2, 0.25) is 0 Å². The largest absolute Gasteiger partial charge is 0.333 e. The highest BCUT2D eigenvalue weighted by Gasteiger charge is 2.09. The number of nitrogens with one attached hydrogen (secondary N) is 1. The molecule has 1 aromatic carbocycles. The van der Waals surface area contributed by atoms with Gasteiger partial charge in [0.1, 0.15) is 0 Å². The smallest absolute Gasteiger partial charge is 0.317 e. The molecular weight excluding hydrogens is 256 g/mol. The van der Waals surface area contributed by atoms with Crippen molar-refractivity contribution in [1.29, 1.82) is 0 Å². The second-order valence-electron chi connectivity index (χ2n) is 4.53. The minimum Gasteiger partial charge on any atom is -0.333 e. The zero-order valence-electron chi connectivity index (χ0n) is 11.2. The highest BCUT2D eigenvalue weighted by atomic mass is 32.1. The first-order chi connectivity index (χ1) is 9.16. The van der Waals surface area contributed by atoms with Crippen LogP contribution in [0.3, 0.4) is 0 Å². The van der Waals surface area contributed by atoms with Gasteiger partial charge in [0, 0.05) is 18.5 Å². The molecular formula is C15H18N2OS. The van der Waals surface area contributed by atoms with Crippen molar-refractivity contribution in [3.63, 3.8) is 0 Å². The Labute approximate surface area is 117 Å². The fourth-order valence-electron chi connectivity index (χ4n) is 1.81. The van der Waals surface area contributed by atoms with Gasteiger partial charge in [0.25, 0.3) is 0 Å². The van der Waals surface area contributed by atoms with Crippen LogP contribution in [0.4, 0.5) is 4.79 Å². The lowest BCUT2D eigenvalue weighted by Gasteiger charge is -2.18. The van der Waals surface area contributed by atoms with Crippen molar-refractivity contribution in [3.05, 3.63) is 57.8 Å². The van der Waals surface area contributed by atoms with Gasteiger partial charge >= 0.3 is 6.03 Å². The number of carbonyl (C=O) groups is 1. The van der Waals surface area contributed by atoms with Crippen molar-refractivity contribution >= 4 is 17.4 Å². The van der Waals surface area contributed by atoms with E-state index in [4.69, 9.17) is 0 Å². The maximum absolute atomic E-state index is 12.0. The van der Waals surface area contributed by atoms with Crippen LogP contribution in [-0.2, 0) is 13.1 Å². The summed E-state index contributed by atoms with van der Waals surface area (Å²) in [5.41, 5.74) is 2.36. The predicted molar refractivity (Wildman–Crippen MR) is 79.2 cm³/mol. The summed E-state index contributed by atoms with van der Waals surface area (Å²) in [7, 11) is 1.81. The predicted octanol–water partition coefficient (Wildman–Crippen LogP) is 3.40. The lowest BCUT2D eigenvalue weighted by molar-refractivity contribution is 0.206. The van der Waals surface area contributed by atoms with Crippen molar-refractivity contribution in [2.24, 2.45) is 0 Å². The van der Waals surface area contributed by atoms with E-state index in [0.29, 0.717) is 13.1 Å². The van der Waals surface area contributed by atoms with Crippen LogP contribution in [0.25, 0.3) is 0 Å². The van der Waals surface area contributed by atoms with Crippen LogP contribution >= 0.6 is 11.3 Å². The van der Waals surface area contributed by atoms with Crippen LogP contribution in [0.1, 0.15) is 16.0 Å². The van der Waals surface area contributed by atoms with E-state index in [0.717, 1.165) is 5.56 Å². The Hall–Kier alpha value is -1.81. The molecule has 1 heterocycles. The molecule has 2 aromatic rings. The number of urea groups is 1. The first kappa shape index (κ1) is 13.6. The first-order valence-corrected chi connectivity index (χ1v) is 7.10. The van der Waals surface area contributed by atoms with Crippen LogP contribution in [-0.4, -0.2) is 18.0 Å². The van der Waals surface area contributed by atoms with Crippen molar-refractivity contribution in [2.75, 3.05) is 7.05 Å². The maximum atomic E-state index is 12.0. The Morgan fingerprint density at radius 1 is 1.26 bits per heavy atom. The number of carbonyl (C=O) groups excluding carboxylic acids is 1. The fraction of sp³-hybridized carbons (Fsp3) is 0.267. The molecule has 0 saturated heterocycles. The molecule has 0 bridgehead atoms. The van der Waals surface area contributed by atoms with Gasteiger partial charge in [-0.15, -0.1) is 11.3 Å². The molecule has 100 valence electrons. The summed E-state index contributed by atoms with van der Waals surface area (Å²) in [6.45, 7) is 3.28. The molecule has 1 N–H and O–H groups in total. The summed E-state index contributed by atoms with van der Waals surface area (Å²) in [4.78, 5) is 14.9. The Kier molecular flexibility index (Phi) is 4.58. The average molecular weight is 274 g/mol. The minimum atomic E-state index is -0.0448. The number of hydrogen-bond donors (Lipinski definition) is 1. The van der Waals surface area contributed by atoms with Crippen molar-refractivity contribution in [2.45, 2.75) is 20.0 Å². The SMILES string of the molecule is Cc1ccsc1CNC(=O)N(C)Cc1ccccc1. The van der Waals surface area contributed by atoms with Gasteiger partial charge < -0.3 is 10.2 Å². The number of thiophene rings is 1. The van der Waals surface area contributed by atoms with Crippen molar-refractivity contribution in [3.8, 4) is 0 Å². The van der Waals surface area contributed by atoms with E-state index in [1.807, 2.05) is 42.8 Å². The van der Waals surface area contributed by atoms with Crippen LogP contribution in [0.5, 0.6) is 0 Å². The molecule has 1 aromatic heterocycles. The number of hydrogen-bond acceptors (Lipinski definition) is 2. The molecule has 3 nitrogen and oxygen atoms in total. The van der Waals surface area contributed by atoms with Crippen molar-refractivity contribution < 1.29 is 4.79 Å². The zero-order valence-corrected chi connectivity index (χ0v) is 12.0. The topological polar surface area (TPSA) is 32.3 Å². The fourth-order valence-corrected chi connectivity index (χ4v) is 2.65. The number of benzene rings is 1. The molecule has 0 aliphatic carbocycles. The first-order valence-electron chi connectivity index (χ1n) is 6.22. The molecule has 0 spiro atoms. The second-order valence-corrected chi connectivity index (χ2v) is 5.53. The van der Waals surface area contributed by atoms with E-state index in [9.17, 15) is 4.79 Å². The maximum Gasteiger partial charge on any atom is 0.317 e. The molecule has 0 saturated carbocycles. The average Bonchev–Trinajstić information content (AvgIpc) is 2.82. The monoisotopic (exact) mass is 274 g/mol. The molecule has 2 amide bonds. The second kappa shape index (κ2) is 6.38. The minimum absolute atomic E-state index is 0.0448. The van der Waals surface area contributed by atoms with E-state index in [1.54, 1.807) is 16.2 Å². The summed E-state index contributed by atoms with van der Waals surface area (Å²) in [5, 5.41) is 4.99. The van der Waals surface area contributed by atoms with E-state index in [2.05, 4.69) is 18.3 Å². The summed E-state index contributed by atoms with van der Waals surface area (Å²) >= 11 is 1.67. The van der Waals surface area contributed by atoms with Gasteiger partial charge in [0.2, 0.25) is 0 Å². The molecule has 0 unspecified atom stereocenters. The number of rotatable bonds is 4. The summed E-state index contributed by atoms with van der Waals surface area (Å²) in [6, 6.07) is 12.0. The van der Waals surface area contributed by atoms with E-state index in [1.165, 1.54) is 10.4 Å². The third-order valence-corrected chi connectivity index (χ3v) is 4.00. The van der Waals surface area contributed by atoms with Crippen LogP contribution < -0.4 is 5.32 Å². The van der Waals surface area contributed by atoms with Crippen LogP contribution in [0, 0.1) is 6.92 Å². The lowest BCUT2D eigenvalue weighted by atomic mass is 10.2. The highest BCUT2D eigenvalue weighted by molar-refractivity contribution is 7.10. The van der Waals surface area contributed by atoms with E-state index < -0.39 is 0 Å². The van der Waals surface area contributed by atoms with E-state index in [-0.39, 0.29) is 6.03 Å². The van der Waals surface area contributed by atoms with Gasteiger partial charge in [-0.3, -0.25) is 0 Å². The third kappa shape index (κ3) is 3.83. The standard InChI is InChI=1S/C15H18N2OS/c1-12-8-9-19-14(12)10-16-15(18)17(2)11-13-6-4-3-5-7-13/h3-9H,10-11H2,1-2H3,(H,16,18). The normalized spacial score (nSPS) is 10.2. The number of amides is 2. The molecule has 0 fully saturated rings. The number of nitrogens with zero attached hydrogens (tertiary/aromatic N) is 1. The number of aryl methyl sites for hydroxylation is 1. The lowest BCUT2D eigenvalue weighted by Crippen LogP contribution is -2.36. The Balaban J connectivity index is 1.84. The molecule has 0 atom stereocenters. The Morgan fingerprint density at radius 2 is 2.00 bits per heavy atom. The molecule has 0 radical (unpaired) electrons. The van der Waals surface area contributed by atoms with Gasteiger partial charge in [-0.1, -0.05) is 30.3 Å². The van der Waals surface area contributed by atoms with Gasteiger partial charge in [0.05, 0.1) is 6.54 Å².